The van der Waals surface area contributed by atoms with Gasteiger partial charge in [0.15, 0.2) is 0 Å². The second-order valence-corrected chi connectivity index (χ2v) is 7.81. The third-order valence-electron chi connectivity index (χ3n) is 6.37. The van der Waals surface area contributed by atoms with Crippen molar-refractivity contribution in [2.45, 2.75) is 38.1 Å². The summed E-state index contributed by atoms with van der Waals surface area (Å²) in [5.74, 6) is 1.50. The van der Waals surface area contributed by atoms with Gasteiger partial charge in [0.1, 0.15) is 5.75 Å². The van der Waals surface area contributed by atoms with Crippen molar-refractivity contribution in [2.24, 2.45) is 11.3 Å². The quantitative estimate of drug-likeness (QED) is 0.880. The summed E-state index contributed by atoms with van der Waals surface area (Å²) >= 11 is 0. The van der Waals surface area contributed by atoms with Crippen LogP contribution in [-0.2, 0) is 4.79 Å². The monoisotopic (exact) mass is 343 g/mol. The molecule has 2 aliphatic heterocycles. The van der Waals surface area contributed by atoms with Gasteiger partial charge in [-0.2, -0.15) is 0 Å². The van der Waals surface area contributed by atoms with Crippen molar-refractivity contribution >= 4 is 11.6 Å². The van der Waals surface area contributed by atoms with E-state index in [1.807, 2.05) is 12.1 Å². The van der Waals surface area contributed by atoms with Crippen LogP contribution in [0, 0.1) is 11.3 Å². The van der Waals surface area contributed by atoms with Crippen molar-refractivity contribution in [3.8, 4) is 5.75 Å². The van der Waals surface area contributed by atoms with Gasteiger partial charge in [0, 0.05) is 25.0 Å². The predicted molar refractivity (Wildman–Crippen MR) is 99.0 cm³/mol. The highest BCUT2D eigenvalue weighted by Gasteiger charge is 2.57. The zero-order chi connectivity index (χ0) is 17.3. The minimum Gasteiger partial charge on any atom is -0.495 e. The van der Waals surface area contributed by atoms with E-state index in [0.717, 1.165) is 69.7 Å². The van der Waals surface area contributed by atoms with Crippen molar-refractivity contribution < 1.29 is 9.53 Å². The summed E-state index contributed by atoms with van der Waals surface area (Å²) in [6.45, 7) is 4.07. The van der Waals surface area contributed by atoms with Gasteiger partial charge >= 0.3 is 0 Å². The van der Waals surface area contributed by atoms with Crippen LogP contribution in [0.1, 0.15) is 32.1 Å². The molecular formula is C20H29N3O2. The van der Waals surface area contributed by atoms with E-state index in [4.69, 9.17) is 4.74 Å². The Morgan fingerprint density at radius 3 is 2.68 bits per heavy atom. The average Bonchev–Trinajstić information content (AvgIpc) is 3.36. The standard InChI is InChI=1S/C20H29N3O2/c1-25-18-5-3-2-4-17(18)23-12-6-15(7-13-23)22-19(24)16-14-20(16)8-10-21-11-9-20/h2-5,15-16,21H,6-14H2,1H3,(H,22,24). The molecule has 2 heterocycles. The number of benzene rings is 1. The molecule has 136 valence electrons. The van der Waals surface area contributed by atoms with Gasteiger partial charge in [0.05, 0.1) is 12.8 Å². The van der Waals surface area contributed by atoms with Crippen molar-refractivity contribution in [3.05, 3.63) is 24.3 Å². The average molecular weight is 343 g/mol. The summed E-state index contributed by atoms with van der Waals surface area (Å²) in [6, 6.07) is 8.49. The first-order valence-corrected chi connectivity index (χ1v) is 9.61. The summed E-state index contributed by atoms with van der Waals surface area (Å²) in [5, 5.41) is 6.74. The number of nitrogens with one attached hydrogen (secondary N) is 2. The number of piperidine rings is 2. The molecule has 5 nitrogen and oxygen atoms in total. The first-order chi connectivity index (χ1) is 12.2. The van der Waals surface area contributed by atoms with Crippen molar-refractivity contribution in [1.82, 2.24) is 10.6 Å². The molecule has 3 fully saturated rings. The predicted octanol–water partition coefficient (Wildman–Crippen LogP) is 2.17. The number of carbonyl (C=O) groups is 1. The number of hydrogen-bond donors (Lipinski definition) is 2. The largest absolute Gasteiger partial charge is 0.495 e. The fourth-order valence-electron chi connectivity index (χ4n) is 4.65. The van der Waals surface area contributed by atoms with E-state index < -0.39 is 0 Å². The van der Waals surface area contributed by atoms with E-state index in [1.54, 1.807) is 7.11 Å². The smallest absolute Gasteiger partial charge is 0.223 e. The molecule has 5 heteroatoms. The maximum Gasteiger partial charge on any atom is 0.223 e. The number of anilines is 1. The van der Waals surface area contributed by atoms with Crippen LogP contribution in [0.15, 0.2) is 24.3 Å². The number of methoxy groups -OCH3 is 1. The van der Waals surface area contributed by atoms with Crippen LogP contribution in [0.25, 0.3) is 0 Å². The van der Waals surface area contributed by atoms with Gasteiger partial charge in [-0.3, -0.25) is 4.79 Å². The molecule has 1 spiro atoms. The van der Waals surface area contributed by atoms with Crippen LogP contribution >= 0.6 is 0 Å². The number of rotatable bonds is 4. The maximum atomic E-state index is 12.6. The Balaban J connectivity index is 1.29. The number of nitrogens with zero attached hydrogens (tertiary/aromatic N) is 1. The number of carbonyl (C=O) groups excluding carboxylic acids is 1. The highest BCUT2D eigenvalue weighted by atomic mass is 16.5. The Hall–Kier alpha value is -1.75. The zero-order valence-electron chi connectivity index (χ0n) is 15.1. The van der Waals surface area contributed by atoms with Gasteiger partial charge in [-0.15, -0.1) is 0 Å². The van der Waals surface area contributed by atoms with Crippen LogP contribution in [-0.4, -0.2) is 45.2 Å². The van der Waals surface area contributed by atoms with Crippen LogP contribution in [0.2, 0.25) is 0 Å². The van der Waals surface area contributed by atoms with E-state index in [1.165, 1.54) is 0 Å². The van der Waals surface area contributed by atoms with E-state index in [9.17, 15) is 4.79 Å². The Bertz CT molecular complexity index is 619. The number of ether oxygens (including phenoxy) is 1. The molecule has 2 N–H and O–H groups in total. The second-order valence-electron chi connectivity index (χ2n) is 7.81. The minimum atomic E-state index is 0.266. The molecule has 4 rings (SSSR count). The lowest BCUT2D eigenvalue weighted by Gasteiger charge is -2.34. The minimum absolute atomic E-state index is 0.266. The molecule has 1 aromatic carbocycles. The number of para-hydroxylation sites is 2. The van der Waals surface area contributed by atoms with Crippen molar-refractivity contribution in [2.75, 3.05) is 38.2 Å². The number of amides is 1. The molecule has 1 unspecified atom stereocenters. The summed E-state index contributed by atoms with van der Waals surface area (Å²) < 4.78 is 5.48. The molecule has 25 heavy (non-hydrogen) atoms. The Morgan fingerprint density at radius 2 is 1.96 bits per heavy atom. The second kappa shape index (κ2) is 6.87. The molecule has 0 aromatic heterocycles. The lowest BCUT2D eigenvalue weighted by molar-refractivity contribution is -0.124. The van der Waals surface area contributed by atoms with Crippen LogP contribution in [0.5, 0.6) is 5.75 Å². The SMILES string of the molecule is COc1ccccc1N1CCC(NC(=O)C2CC23CCNCC3)CC1. The first kappa shape index (κ1) is 16.7. The Morgan fingerprint density at radius 1 is 1.24 bits per heavy atom. The Labute approximate surface area is 150 Å². The number of hydrogen-bond acceptors (Lipinski definition) is 4. The van der Waals surface area contributed by atoms with E-state index in [2.05, 4.69) is 27.7 Å². The lowest BCUT2D eigenvalue weighted by atomic mass is 9.91. The molecule has 1 atom stereocenters. The van der Waals surface area contributed by atoms with E-state index in [0.29, 0.717) is 17.4 Å². The fourth-order valence-corrected chi connectivity index (χ4v) is 4.65. The molecule has 1 aliphatic carbocycles. The summed E-state index contributed by atoms with van der Waals surface area (Å²) in [4.78, 5) is 15.0. The van der Waals surface area contributed by atoms with Crippen LogP contribution in [0.3, 0.4) is 0 Å². The zero-order valence-corrected chi connectivity index (χ0v) is 15.1. The fraction of sp³-hybridized carbons (Fsp3) is 0.650. The molecule has 0 radical (unpaired) electrons. The summed E-state index contributed by atoms with van der Waals surface area (Å²) in [7, 11) is 1.72. The van der Waals surface area contributed by atoms with Gasteiger partial charge in [-0.25, -0.2) is 0 Å². The highest BCUT2D eigenvalue weighted by Crippen LogP contribution is 2.58. The topological polar surface area (TPSA) is 53.6 Å². The van der Waals surface area contributed by atoms with E-state index in [-0.39, 0.29) is 5.92 Å². The van der Waals surface area contributed by atoms with Gasteiger partial charge in [-0.1, -0.05) is 12.1 Å². The molecular weight excluding hydrogens is 314 g/mol. The molecule has 1 amide bonds. The van der Waals surface area contributed by atoms with Crippen molar-refractivity contribution in [1.29, 1.82) is 0 Å². The van der Waals surface area contributed by atoms with Crippen LogP contribution in [0.4, 0.5) is 5.69 Å². The molecule has 0 bridgehead atoms. The van der Waals surface area contributed by atoms with Gasteiger partial charge in [-0.05, 0) is 62.7 Å². The van der Waals surface area contributed by atoms with Gasteiger partial charge < -0.3 is 20.3 Å². The van der Waals surface area contributed by atoms with Gasteiger partial charge in [0.2, 0.25) is 5.91 Å². The highest BCUT2D eigenvalue weighted by molar-refractivity contribution is 5.83. The normalized spacial score (nSPS) is 25.6. The molecule has 1 saturated carbocycles. The molecule has 1 aromatic rings. The summed E-state index contributed by atoms with van der Waals surface area (Å²) in [6.07, 6.45) is 5.44. The third-order valence-corrected chi connectivity index (χ3v) is 6.37. The van der Waals surface area contributed by atoms with Crippen molar-refractivity contribution in [3.63, 3.8) is 0 Å². The molecule has 2 saturated heterocycles. The third kappa shape index (κ3) is 3.34. The molecule has 3 aliphatic rings. The van der Waals surface area contributed by atoms with E-state index >= 15 is 0 Å². The maximum absolute atomic E-state index is 12.6. The lowest BCUT2D eigenvalue weighted by Crippen LogP contribution is -2.46. The first-order valence-electron chi connectivity index (χ1n) is 9.61. The van der Waals surface area contributed by atoms with Crippen LogP contribution < -0.4 is 20.3 Å². The summed E-state index contributed by atoms with van der Waals surface area (Å²) in [5.41, 5.74) is 1.48. The van der Waals surface area contributed by atoms with Gasteiger partial charge in [0.25, 0.3) is 0 Å². The Kier molecular flexibility index (Phi) is 4.59.